The van der Waals surface area contributed by atoms with Gasteiger partial charge in [0.1, 0.15) is 4.88 Å². The van der Waals surface area contributed by atoms with Gasteiger partial charge in [-0.3, -0.25) is 4.79 Å². The number of hydrazone groups is 1. The summed E-state index contributed by atoms with van der Waals surface area (Å²) in [6.07, 6.45) is -0.569. The molecule has 2 heterocycles. The van der Waals surface area contributed by atoms with Gasteiger partial charge in [0, 0.05) is 22.6 Å². The lowest BCUT2D eigenvalue weighted by Gasteiger charge is -2.18. The zero-order chi connectivity index (χ0) is 16.7. The highest BCUT2D eigenvalue weighted by Gasteiger charge is 2.34. The Bertz CT molecular complexity index is 952. The zero-order valence-electron chi connectivity index (χ0n) is 12.8. The Balaban J connectivity index is 1.77. The molecule has 0 saturated carbocycles. The number of halogens is 1. The van der Waals surface area contributed by atoms with E-state index in [1.165, 1.54) is 23.3 Å². The third-order valence-corrected chi connectivity index (χ3v) is 5.44. The third kappa shape index (κ3) is 2.46. The highest BCUT2D eigenvalue weighted by atomic mass is 35.5. The van der Waals surface area contributed by atoms with Gasteiger partial charge in [0.25, 0.3) is 5.90 Å². The molecular weight excluding hydrogens is 344 g/mol. The van der Waals surface area contributed by atoms with Crippen molar-refractivity contribution in [2.45, 2.75) is 13.2 Å². The summed E-state index contributed by atoms with van der Waals surface area (Å²) in [4.78, 5) is 12.7. The van der Waals surface area contributed by atoms with E-state index in [2.05, 4.69) is 5.10 Å². The minimum absolute atomic E-state index is 0.184. The summed E-state index contributed by atoms with van der Waals surface area (Å²) in [5.74, 6) is 0.196. The molecule has 0 bridgehead atoms. The molecule has 1 aliphatic rings. The van der Waals surface area contributed by atoms with Crippen molar-refractivity contribution in [1.82, 2.24) is 5.01 Å². The molecule has 1 aliphatic heterocycles. The SMILES string of the molecule is CC(=O)N1N=C(c2sc3ccccc3c2Cl)OC1c1ccccc1. The third-order valence-electron chi connectivity index (χ3n) is 3.78. The number of hydrogen-bond donors (Lipinski definition) is 0. The van der Waals surface area contributed by atoms with E-state index in [-0.39, 0.29) is 5.91 Å². The Kier molecular flexibility index (Phi) is 3.75. The Hall–Kier alpha value is -2.37. The number of ether oxygens (including phenoxy) is 1. The molecule has 1 atom stereocenters. The van der Waals surface area contributed by atoms with E-state index in [0.29, 0.717) is 10.9 Å². The van der Waals surface area contributed by atoms with Crippen molar-refractivity contribution in [2.75, 3.05) is 0 Å². The number of fused-ring (bicyclic) bond motifs is 1. The highest BCUT2D eigenvalue weighted by molar-refractivity contribution is 7.21. The fraction of sp³-hybridized carbons (Fsp3) is 0.111. The van der Waals surface area contributed by atoms with Crippen molar-refractivity contribution in [3.8, 4) is 0 Å². The van der Waals surface area contributed by atoms with Crippen molar-refractivity contribution in [3.05, 3.63) is 70.1 Å². The van der Waals surface area contributed by atoms with E-state index in [4.69, 9.17) is 16.3 Å². The Morgan fingerprint density at radius 2 is 1.88 bits per heavy atom. The maximum absolute atomic E-state index is 12.0. The summed E-state index contributed by atoms with van der Waals surface area (Å²) in [6.45, 7) is 1.47. The van der Waals surface area contributed by atoms with Crippen molar-refractivity contribution < 1.29 is 9.53 Å². The van der Waals surface area contributed by atoms with Crippen LogP contribution in [0.1, 0.15) is 23.6 Å². The molecule has 0 N–H and O–H groups in total. The number of hydrogen-bond acceptors (Lipinski definition) is 4. The molecule has 6 heteroatoms. The summed E-state index contributed by atoms with van der Waals surface area (Å²) < 4.78 is 7.06. The molecule has 1 unspecified atom stereocenters. The fourth-order valence-corrected chi connectivity index (χ4v) is 4.08. The molecular formula is C18H13ClN2O2S. The standard InChI is InChI=1S/C18H13ClN2O2S/c1-11(22)21-18(12-7-3-2-4-8-12)23-17(20-21)16-15(19)13-9-5-6-10-14(13)24-16/h2-10,18H,1H3. The first-order valence-corrected chi connectivity index (χ1v) is 8.62. The Morgan fingerprint density at radius 1 is 1.17 bits per heavy atom. The van der Waals surface area contributed by atoms with Crippen LogP contribution in [-0.2, 0) is 9.53 Å². The molecule has 0 aliphatic carbocycles. The Morgan fingerprint density at radius 3 is 2.58 bits per heavy atom. The minimum atomic E-state index is -0.569. The van der Waals surface area contributed by atoms with Gasteiger partial charge in [-0.25, -0.2) is 0 Å². The molecule has 2 aromatic carbocycles. The van der Waals surface area contributed by atoms with Crippen LogP contribution in [0.2, 0.25) is 5.02 Å². The molecule has 120 valence electrons. The lowest BCUT2D eigenvalue weighted by molar-refractivity contribution is -0.135. The summed E-state index contributed by atoms with van der Waals surface area (Å²) in [7, 11) is 0. The molecule has 1 aromatic heterocycles. The van der Waals surface area contributed by atoms with Crippen molar-refractivity contribution >= 4 is 44.8 Å². The summed E-state index contributed by atoms with van der Waals surface area (Å²) in [5.41, 5.74) is 0.865. The van der Waals surface area contributed by atoms with Crippen LogP contribution in [0.3, 0.4) is 0 Å². The summed E-state index contributed by atoms with van der Waals surface area (Å²) in [5, 5.41) is 7.29. The average Bonchev–Trinajstić information content (AvgIpc) is 3.18. The van der Waals surface area contributed by atoms with Crippen LogP contribution in [0.25, 0.3) is 10.1 Å². The minimum Gasteiger partial charge on any atom is -0.445 e. The molecule has 0 spiro atoms. The number of thiophene rings is 1. The molecule has 0 fully saturated rings. The number of carbonyl (C=O) groups excluding carboxylic acids is 1. The predicted molar refractivity (Wildman–Crippen MR) is 96.2 cm³/mol. The molecule has 0 radical (unpaired) electrons. The van der Waals surface area contributed by atoms with E-state index in [0.717, 1.165) is 20.5 Å². The lowest BCUT2D eigenvalue weighted by Crippen LogP contribution is -2.25. The first kappa shape index (κ1) is 15.2. The van der Waals surface area contributed by atoms with Gasteiger partial charge in [0.2, 0.25) is 12.1 Å². The maximum atomic E-state index is 12.0. The van der Waals surface area contributed by atoms with E-state index in [1.807, 2.05) is 54.6 Å². The second-order valence-electron chi connectivity index (χ2n) is 5.39. The number of carbonyl (C=O) groups is 1. The van der Waals surface area contributed by atoms with Gasteiger partial charge in [0.05, 0.1) is 5.02 Å². The van der Waals surface area contributed by atoms with Crippen LogP contribution in [0.4, 0.5) is 0 Å². The van der Waals surface area contributed by atoms with Crippen LogP contribution < -0.4 is 0 Å². The van der Waals surface area contributed by atoms with Crippen molar-refractivity contribution in [2.24, 2.45) is 5.10 Å². The van der Waals surface area contributed by atoms with E-state index < -0.39 is 6.23 Å². The van der Waals surface area contributed by atoms with Crippen LogP contribution in [-0.4, -0.2) is 16.8 Å². The van der Waals surface area contributed by atoms with Gasteiger partial charge in [-0.2, -0.15) is 5.01 Å². The summed E-state index contributed by atoms with van der Waals surface area (Å²) >= 11 is 8.01. The second kappa shape index (κ2) is 5.92. The maximum Gasteiger partial charge on any atom is 0.252 e. The van der Waals surface area contributed by atoms with Crippen molar-refractivity contribution in [3.63, 3.8) is 0 Å². The number of nitrogens with zero attached hydrogens (tertiary/aromatic N) is 2. The molecule has 4 nitrogen and oxygen atoms in total. The Labute approximate surface area is 147 Å². The van der Waals surface area contributed by atoms with E-state index in [1.54, 1.807) is 0 Å². The molecule has 3 aromatic rings. The van der Waals surface area contributed by atoms with Crippen LogP contribution in [0.15, 0.2) is 59.7 Å². The largest absolute Gasteiger partial charge is 0.445 e. The topological polar surface area (TPSA) is 41.9 Å². The fourth-order valence-electron chi connectivity index (χ4n) is 2.64. The van der Waals surface area contributed by atoms with Crippen LogP contribution in [0, 0.1) is 0 Å². The van der Waals surface area contributed by atoms with Gasteiger partial charge in [0.15, 0.2) is 0 Å². The number of rotatable bonds is 2. The first-order valence-electron chi connectivity index (χ1n) is 7.42. The summed E-state index contributed by atoms with van der Waals surface area (Å²) in [6, 6.07) is 17.4. The van der Waals surface area contributed by atoms with Gasteiger partial charge < -0.3 is 4.74 Å². The zero-order valence-corrected chi connectivity index (χ0v) is 14.3. The smallest absolute Gasteiger partial charge is 0.252 e. The quantitative estimate of drug-likeness (QED) is 0.662. The molecule has 1 amide bonds. The van der Waals surface area contributed by atoms with Crippen LogP contribution >= 0.6 is 22.9 Å². The van der Waals surface area contributed by atoms with Crippen LogP contribution in [0.5, 0.6) is 0 Å². The van der Waals surface area contributed by atoms with E-state index >= 15 is 0 Å². The van der Waals surface area contributed by atoms with Gasteiger partial charge >= 0.3 is 0 Å². The normalized spacial score (nSPS) is 17.0. The van der Waals surface area contributed by atoms with E-state index in [9.17, 15) is 4.79 Å². The second-order valence-corrected chi connectivity index (χ2v) is 6.82. The first-order chi connectivity index (χ1) is 11.6. The lowest BCUT2D eigenvalue weighted by atomic mass is 10.2. The molecule has 0 saturated heterocycles. The highest BCUT2D eigenvalue weighted by Crippen LogP contribution is 2.39. The predicted octanol–water partition coefficient (Wildman–Crippen LogP) is 4.79. The van der Waals surface area contributed by atoms with Gasteiger partial charge in [-0.1, -0.05) is 60.1 Å². The number of amides is 1. The molecule has 24 heavy (non-hydrogen) atoms. The van der Waals surface area contributed by atoms with Gasteiger partial charge in [-0.05, 0) is 6.07 Å². The average molecular weight is 357 g/mol. The van der Waals surface area contributed by atoms with Crippen molar-refractivity contribution in [1.29, 1.82) is 0 Å². The molecule has 4 rings (SSSR count). The number of benzene rings is 2. The monoisotopic (exact) mass is 356 g/mol. The van der Waals surface area contributed by atoms with Gasteiger partial charge in [-0.15, -0.1) is 16.4 Å².